The van der Waals surface area contributed by atoms with Crippen molar-refractivity contribution in [3.05, 3.63) is 59.7 Å². The van der Waals surface area contributed by atoms with Crippen LogP contribution in [0.3, 0.4) is 0 Å². The monoisotopic (exact) mass is 404 g/mol. The molecular weight excluding hydrogens is 376 g/mol. The molecule has 1 amide bonds. The van der Waals surface area contributed by atoms with E-state index in [-0.39, 0.29) is 24.9 Å². The van der Waals surface area contributed by atoms with Crippen LogP contribution in [0.15, 0.2) is 48.5 Å². The van der Waals surface area contributed by atoms with Crippen LogP contribution in [0.5, 0.6) is 5.75 Å². The summed E-state index contributed by atoms with van der Waals surface area (Å²) >= 11 is 0. The van der Waals surface area contributed by atoms with E-state index < -0.39 is 10.0 Å². The van der Waals surface area contributed by atoms with Crippen LogP contribution in [0, 0.1) is 6.92 Å². The van der Waals surface area contributed by atoms with Crippen molar-refractivity contribution in [3.63, 3.8) is 0 Å². The maximum atomic E-state index is 12.3. The maximum absolute atomic E-state index is 12.3. The van der Waals surface area contributed by atoms with Crippen LogP contribution in [0.25, 0.3) is 0 Å². The number of hydrogen-bond acceptors (Lipinski definition) is 4. The van der Waals surface area contributed by atoms with Crippen LogP contribution in [-0.4, -0.2) is 34.2 Å². The molecule has 1 N–H and O–H groups in total. The van der Waals surface area contributed by atoms with Crippen LogP contribution >= 0.6 is 0 Å². The van der Waals surface area contributed by atoms with Crippen molar-refractivity contribution >= 4 is 21.6 Å². The zero-order chi connectivity index (χ0) is 20.7. The molecule has 6 nitrogen and oxygen atoms in total. The Kier molecular flexibility index (Phi) is 7.45. The molecule has 0 aliphatic rings. The molecule has 0 saturated heterocycles. The van der Waals surface area contributed by atoms with Crippen molar-refractivity contribution in [2.45, 2.75) is 32.7 Å². The van der Waals surface area contributed by atoms with Gasteiger partial charge in [-0.25, -0.2) is 8.42 Å². The van der Waals surface area contributed by atoms with Crippen LogP contribution < -0.4 is 14.4 Å². The Morgan fingerprint density at radius 1 is 1.14 bits per heavy atom. The zero-order valence-corrected chi connectivity index (χ0v) is 17.6. The molecule has 152 valence electrons. The van der Waals surface area contributed by atoms with Crippen LogP contribution in [-0.2, 0) is 14.8 Å². The van der Waals surface area contributed by atoms with Gasteiger partial charge in [-0.3, -0.25) is 9.10 Å². The van der Waals surface area contributed by atoms with Gasteiger partial charge in [0, 0.05) is 18.5 Å². The van der Waals surface area contributed by atoms with E-state index in [2.05, 4.69) is 5.32 Å². The topological polar surface area (TPSA) is 75.7 Å². The van der Waals surface area contributed by atoms with Crippen LogP contribution in [0.4, 0.5) is 5.69 Å². The van der Waals surface area contributed by atoms with Gasteiger partial charge < -0.3 is 10.1 Å². The van der Waals surface area contributed by atoms with Crippen molar-refractivity contribution in [3.8, 4) is 5.75 Å². The molecule has 7 heteroatoms. The van der Waals surface area contributed by atoms with Crippen LogP contribution in [0.1, 0.15) is 36.9 Å². The van der Waals surface area contributed by atoms with Crippen molar-refractivity contribution in [1.82, 2.24) is 5.32 Å². The van der Waals surface area contributed by atoms with Gasteiger partial charge in [0.25, 0.3) is 0 Å². The number of rotatable bonds is 9. The molecule has 0 saturated carbocycles. The summed E-state index contributed by atoms with van der Waals surface area (Å²) in [5, 5.41) is 2.94. The number of ether oxygens (including phenoxy) is 1. The lowest BCUT2D eigenvalue weighted by Crippen LogP contribution is -2.32. The molecular formula is C21H28N2O4S. The number of aryl methyl sites for hydroxylation is 1. The minimum absolute atomic E-state index is 0.129. The second-order valence-electron chi connectivity index (χ2n) is 6.81. The molecule has 0 aliphatic heterocycles. The first kappa shape index (κ1) is 21.8. The third-order valence-electron chi connectivity index (χ3n) is 4.47. The molecule has 28 heavy (non-hydrogen) atoms. The van der Waals surface area contributed by atoms with Crippen molar-refractivity contribution < 1.29 is 17.9 Å². The molecule has 2 aromatic rings. The van der Waals surface area contributed by atoms with E-state index in [9.17, 15) is 13.2 Å². The largest absolute Gasteiger partial charge is 0.496 e. The SMILES string of the molecule is COc1ccccc1[C@@H](C)NC(=O)CCCN(c1ccc(C)cc1)S(C)(=O)=O. The first-order chi connectivity index (χ1) is 13.2. The number of benzene rings is 2. The molecule has 0 radical (unpaired) electrons. The van der Waals surface area contributed by atoms with E-state index in [1.165, 1.54) is 10.6 Å². The summed E-state index contributed by atoms with van der Waals surface area (Å²) < 4.78 is 30.9. The van der Waals surface area contributed by atoms with Gasteiger partial charge in [-0.15, -0.1) is 0 Å². The quantitative estimate of drug-likeness (QED) is 0.695. The molecule has 0 bridgehead atoms. The number of hydrogen-bond donors (Lipinski definition) is 1. The summed E-state index contributed by atoms with van der Waals surface area (Å²) in [5.41, 5.74) is 2.56. The van der Waals surface area contributed by atoms with Crippen LogP contribution in [0.2, 0.25) is 0 Å². The molecule has 0 heterocycles. The van der Waals surface area contributed by atoms with Gasteiger partial charge in [-0.1, -0.05) is 35.9 Å². The third-order valence-corrected chi connectivity index (χ3v) is 5.66. The van der Waals surface area contributed by atoms with Gasteiger partial charge in [-0.2, -0.15) is 0 Å². The van der Waals surface area contributed by atoms with E-state index in [4.69, 9.17) is 4.74 Å². The van der Waals surface area contributed by atoms with Gasteiger partial charge in [0.05, 0.1) is 25.1 Å². The second kappa shape index (κ2) is 9.59. The predicted octanol–water partition coefficient (Wildman–Crippen LogP) is 3.43. The first-order valence-corrected chi connectivity index (χ1v) is 11.0. The minimum Gasteiger partial charge on any atom is -0.496 e. The summed E-state index contributed by atoms with van der Waals surface area (Å²) in [6.45, 7) is 4.09. The average molecular weight is 405 g/mol. The van der Waals surface area contributed by atoms with E-state index >= 15 is 0 Å². The highest BCUT2D eigenvalue weighted by Gasteiger charge is 2.18. The second-order valence-corrected chi connectivity index (χ2v) is 8.71. The van der Waals surface area contributed by atoms with Gasteiger partial charge in [0.15, 0.2) is 0 Å². The Morgan fingerprint density at radius 2 is 1.79 bits per heavy atom. The standard InChI is InChI=1S/C21H28N2O4S/c1-16-11-13-18(14-12-16)23(28(4,25)26)15-7-10-21(24)22-17(2)19-8-5-6-9-20(19)27-3/h5-6,8-9,11-14,17H,7,10,15H2,1-4H3,(H,22,24)/t17-/m1/s1. The number of carbonyl (C=O) groups excluding carboxylic acids is 1. The lowest BCUT2D eigenvalue weighted by atomic mass is 10.1. The summed E-state index contributed by atoms with van der Waals surface area (Å²) in [6.07, 6.45) is 1.83. The summed E-state index contributed by atoms with van der Waals surface area (Å²) in [7, 11) is -1.82. The minimum atomic E-state index is -3.42. The highest BCUT2D eigenvalue weighted by atomic mass is 32.2. The number of methoxy groups -OCH3 is 1. The summed E-state index contributed by atoms with van der Waals surface area (Å²) in [6, 6.07) is 14.6. The fraction of sp³-hybridized carbons (Fsp3) is 0.381. The molecule has 0 aromatic heterocycles. The lowest BCUT2D eigenvalue weighted by molar-refractivity contribution is -0.121. The molecule has 0 aliphatic carbocycles. The molecule has 2 aromatic carbocycles. The van der Waals surface area contributed by atoms with Crippen molar-refractivity contribution in [1.29, 1.82) is 0 Å². The molecule has 1 atom stereocenters. The molecule has 0 spiro atoms. The van der Waals surface area contributed by atoms with Gasteiger partial charge >= 0.3 is 0 Å². The Hall–Kier alpha value is -2.54. The Morgan fingerprint density at radius 3 is 2.39 bits per heavy atom. The zero-order valence-electron chi connectivity index (χ0n) is 16.8. The highest BCUT2D eigenvalue weighted by molar-refractivity contribution is 7.92. The molecule has 2 rings (SSSR count). The Bertz CT molecular complexity index is 895. The van der Waals surface area contributed by atoms with Crippen molar-refractivity contribution in [2.75, 3.05) is 24.2 Å². The number of anilines is 1. The Balaban J connectivity index is 1.94. The number of nitrogens with one attached hydrogen (secondary N) is 1. The number of nitrogens with zero attached hydrogens (tertiary/aromatic N) is 1. The number of carbonyl (C=O) groups is 1. The van der Waals surface area contributed by atoms with E-state index in [0.717, 1.165) is 16.9 Å². The number of amides is 1. The van der Waals surface area contributed by atoms with Gasteiger partial charge in [0.2, 0.25) is 15.9 Å². The van der Waals surface area contributed by atoms with E-state index in [0.29, 0.717) is 12.1 Å². The average Bonchev–Trinajstić information content (AvgIpc) is 2.65. The summed E-state index contributed by atoms with van der Waals surface area (Å²) in [4.78, 5) is 12.3. The number of sulfonamides is 1. The lowest BCUT2D eigenvalue weighted by Gasteiger charge is -2.23. The smallest absolute Gasteiger partial charge is 0.232 e. The highest BCUT2D eigenvalue weighted by Crippen LogP contribution is 2.24. The first-order valence-electron chi connectivity index (χ1n) is 9.19. The fourth-order valence-corrected chi connectivity index (χ4v) is 3.96. The maximum Gasteiger partial charge on any atom is 0.232 e. The van der Waals surface area contributed by atoms with Crippen molar-refractivity contribution in [2.24, 2.45) is 0 Å². The van der Waals surface area contributed by atoms with E-state index in [1.807, 2.05) is 50.2 Å². The molecule has 0 fully saturated rings. The molecule has 0 unspecified atom stereocenters. The predicted molar refractivity (Wildman–Crippen MR) is 112 cm³/mol. The summed E-state index contributed by atoms with van der Waals surface area (Å²) in [5.74, 6) is 0.591. The van der Waals surface area contributed by atoms with Gasteiger partial charge in [-0.05, 0) is 38.5 Å². The third kappa shape index (κ3) is 5.99. The fourth-order valence-electron chi connectivity index (χ4n) is 3.00. The normalized spacial score (nSPS) is 12.3. The van der Waals surface area contributed by atoms with E-state index in [1.54, 1.807) is 19.2 Å². The Labute approximate surface area is 167 Å². The van der Waals surface area contributed by atoms with Gasteiger partial charge in [0.1, 0.15) is 5.75 Å². The number of para-hydroxylation sites is 1.